The highest BCUT2D eigenvalue weighted by Crippen LogP contribution is 2.25. The molecule has 0 unspecified atom stereocenters. The summed E-state index contributed by atoms with van der Waals surface area (Å²) < 4.78 is 7.75. The number of nitrogens with zero attached hydrogens (tertiary/aromatic N) is 2. The Morgan fingerprint density at radius 1 is 1.15 bits per heavy atom. The van der Waals surface area contributed by atoms with E-state index in [4.69, 9.17) is 9.84 Å². The molecular formula is C23H27N3O. The summed E-state index contributed by atoms with van der Waals surface area (Å²) in [6.45, 7) is 6.83. The van der Waals surface area contributed by atoms with Crippen molar-refractivity contribution in [2.24, 2.45) is 0 Å². The number of hydrogen-bond donors (Lipinski definition) is 1. The lowest BCUT2D eigenvalue weighted by molar-refractivity contribution is 0.110. The molecule has 1 fully saturated rings. The third kappa shape index (κ3) is 4.12. The van der Waals surface area contributed by atoms with Gasteiger partial charge in [-0.25, -0.2) is 4.68 Å². The van der Waals surface area contributed by atoms with Crippen LogP contribution in [0.4, 0.5) is 0 Å². The van der Waals surface area contributed by atoms with Gasteiger partial charge in [0.1, 0.15) is 0 Å². The summed E-state index contributed by atoms with van der Waals surface area (Å²) in [5.41, 5.74) is 7.00. The Morgan fingerprint density at radius 3 is 2.78 bits per heavy atom. The monoisotopic (exact) mass is 361 g/mol. The molecule has 2 aromatic carbocycles. The van der Waals surface area contributed by atoms with Crippen LogP contribution in [0.15, 0.2) is 54.7 Å². The normalized spacial score (nSPS) is 16.7. The highest BCUT2D eigenvalue weighted by atomic mass is 16.5. The van der Waals surface area contributed by atoms with E-state index >= 15 is 0 Å². The average Bonchev–Trinajstić information content (AvgIpc) is 3.35. The SMILES string of the molecule is Cc1ccc(C)c(-n2cc(CNC[C@@H]3CCCO3)c(-c3ccccc3)n2)c1. The van der Waals surface area contributed by atoms with Gasteiger partial charge in [0, 0.05) is 37.0 Å². The van der Waals surface area contributed by atoms with Crippen molar-refractivity contribution in [2.75, 3.05) is 13.2 Å². The molecule has 2 heterocycles. The van der Waals surface area contributed by atoms with E-state index in [1.54, 1.807) is 0 Å². The van der Waals surface area contributed by atoms with Crippen molar-refractivity contribution < 1.29 is 4.74 Å². The second-order valence-corrected chi connectivity index (χ2v) is 7.37. The molecule has 1 aliphatic rings. The number of hydrogen-bond acceptors (Lipinski definition) is 3. The molecule has 4 heteroatoms. The number of ether oxygens (including phenoxy) is 1. The molecule has 0 radical (unpaired) electrons. The van der Waals surface area contributed by atoms with Gasteiger partial charge >= 0.3 is 0 Å². The summed E-state index contributed by atoms with van der Waals surface area (Å²) in [5, 5.41) is 8.51. The van der Waals surface area contributed by atoms with Crippen molar-refractivity contribution in [3.8, 4) is 16.9 Å². The van der Waals surface area contributed by atoms with Crippen LogP contribution in [-0.2, 0) is 11.3 Å². The average molecular weight is 361 g/mol. The molecule has 1 N–H and O–H groups in total. The first-order chi connectivity index (χ1) is 13.2. The molecule has 0 amide bonds. The Kier molecular flexibility index (Phi) is 5.37. The smallest absolute Gasteiger partial charge is 0.0972 e. The van der Waals surface area contributed by atoms with E-state index in [2.05, 4.69) is 67.8 Å². The third-order valence-electron chi connectivity index (χ3n) is 5.16. The molecule has 0 aliphatic carbocycles. The Morgan fingerprint density at radius 2 is 2.00 bits per heavy atom. The van der Waals surface area contributed by atoms with E-state index in [0.717, 1.165) is 43.1 Å². The maximum atomic E-state index is 5.73. The second-order valence-electron chi connectivity index (χ2n) is 7.37. The lowest BCUT2D eigenvalue weighted by Gasteiger charge is -2.10. The quantitative estimate of drug-likeness (QED) is 0.706. The molecule has 4 rings (SSSR count). The fourth-order valence-corrected chi connectivity index (χ4v) is 3.64. The largest absolute Gasteiger partial charge is 0.377 e. The summed E-state index contributed by atoms with van der Waals surface area (Å²) >= 11 is 0. The Bertz CT molecular complexity index is 895. The third-order valence-corrected chi connectivity index (χ3v) is 5.16. The first-order valence-electron chi connectivity index (χ1n) is 9.74. The van der Waals surface area contributed by atoms with Crippen LogP contribution in [0.1, 0.15) is 29.5 Å². The van der Waals surface area contributed by atoms with Crippen molar-refractivity contribution in [3.63, 3.8) is 0 Å². The van der Waals surface area contributed by atoms with E-state index in [9.17, 15) is 0 Å². The predicted octanol–water partition coefficient (Wildman–Crippen LogP) is 4.42. The van der Waals surface area contributed by atoms with E-state index in [1.165, 1.54) is 23.1 Å². The van der Waals surface area contributed by atoms with Crippen molar-refractivity contribution >= 4 is 0 Å². The van der Waals surface area contributed by atoms with Crippen molar-refractivity contribution in [1.29, 1.82) is 0 Å². The van der Waals surface area contributed by atoms with Crippen LogP contribution in [-0.4, -0.2) is 29.0 Å². The first kappa shape index (κ1) is 18.0. The molecule has 3 aromatic rings. The maximum Gasteiger partial charge on any atom is 0.0972 e. The van der Waals surface area contributed by atoms with Gasteiger partial charge in [-0.05, 0) is 43.9 Å². The summed E-state index contributed by atoms with van der Waals surface area (Å²) in [5.74, 6) is 0. The lowest BCUT2D eigenvalue weighted by Crippen LogP contribution is -2.25. The fraction of sp³-hybridized carbons (Fsp3) is 0.348. The van der Waals surface area contributed by atoms with Crippen LogP contribution >= 0.6 is 0 Å². The predicted molar refractivity (Wildman–Crippen MR) is 109 cm³/mol. The highest BCUT2D eigenvalue weighted by Gasteiger charge is 2.17. The molecule has 140 valence electrons. The van der Waals surface area contributed by atoms with Crippen LogP contribution < -0.4 is 5.32 Å². The van der Waals surface area contributed by atoms with Crippen LogP contribution in [0.5, 0.6) is 0 Å². The van der Waals surface area contributed by atoms with Crippen LogP contribution in [0.3, 0.4) is 0 Å². The number of aryl methyl sites for hydroxylation is 2. The first-order valence-corrected chi connectivity index (χ1v) is 9.74. The van der Waals surface area contributed by atoms with Gasteiger partial charge < -0.3 is 10.1 Å². The molecule has 4 nitrogen and oxygen atoms in total. The molecule has 0 spiro atoms. The summed E-state index contributed by atoms with van der Waals surface area (Å²) in [6, 6.07) is 16.9. The van der Waals surface area contributed by atoms with Gasteiger partial charge in [-0.2, -0.15) is 5.10 Å². The van der Waals surface area contributed by atoms with Gasteiger partial charge in [0.2, 0.25) is 0 Å². The zero-order valence-electron chi connectivity index (χ0n) is 16.1. The number of nitrogens with one attached hydrogen (secondary N) is 1. The summed E-state index contributed by atoms with van der Waals surface area (Å²) in [6.07, 6.45) is 4.83. The molecular weight excluding hydrogens is 334 g/mol. The molecule has 0 bridgehead atoms. The topological polar surface area (TPSA) is 39.1 Å². The minimum Gasteiger partial charge on any atom is -0.377 e. The number of aromatic nitrogens is 2. The maximum absolute atomic E-state index is 5.73. The number of rotatable bonds is 6. The lowest BCUT2D eigenvalue weighted by atomic mass is 10.1. The molecule has 1 aliphatic heterocycles. The molecule has 27 heavy (non-hydrogen) atoms. The van der Waals surface area contributed by atoms with Crippen LogP contribution in [0.2, 0.25) is 0 Å². The Balaban J connectivity index is 1.63. The van der Waals surface area contributed by atoms with Crippen molar-refractivity contribution in [3.05, 3.63) is 71.4 Å². The van der Waals surface area contributed by atoms with Gasteiger partial charge in [0.25, 0.3) is 0 Å². The van der Waals surface area contributed by atoms with Crippen LogP contribution in [0, 0.1) is 13.8 Å². The van der Waals surface area contributed by atoms with Crippen molar-refractivity contribution in [2.45, 2.75) is 39.3 Å². The zero-order chi connectivity index (χ0) is 18.6. The highest BCUT2D eigenvalue weighted by molar-refractivity contribution is 5.63. The van der Waals surface area contributed by atoms with Crippen molar-refractivity contribution in [1.82, 2.24) is 15.1 Å². The fourth-order valence-electron chi connectivity index (χ4n) is 3.64. The van der Waals surface area contributed by atoms with Crippen LogP contribution in [0.25, 0.3) is 16.9 Å². The van der Waals surface area contributed by atoms with Gasteiger partial charge in [-0.3, -0.25) is 0 Å². The zero-order valence-corrected chi connectivity index (χ0v) is 16.1. The second kappa shape index (κ2) is 8.07. The van der Waals surface area contributed by atoms with E-state index in [-0.39, 0.29) is 0 Å². The van der Waals surface area contributed by atoms with E-state index in [1.807, 2.05) is 10.7 Å². The summed E-state index contributed by atoms with van der Waals surface area (Å²) in [7, 11) is 0. The molecule has 1 saturated heterocycles. The van der Waals surface area contributed by atoms with Gasteiger partial charge in [0.05, 0.1) is 17.5 Å². The molecule has 0 saturated carbocycles. The van der Waals surface area contributed by atoms with E-state index in [0.29, 0.717) is 6.10 Å². The van der Waals surface area contributed by atoms with E-state index < -0.39 is 0 Å². The minimum atomic E-state index is 0.347. The Hall–Kier alpha value is -2.43. The van der Waals surface area contributed by atoms with Gasteiger partial charge in [-0.1, -0.05) is 42.5 Å². The Labute approximate surface area is 161 Å². The summed E-state index contributed by atoms with van der Waals surface area (Å²) in [4.78, 5) is 0. The molecule has 1 aromatic heterocycles. The minimum absolute atomic E-state index is 0.347. The van der Waals surface area contributed by atoms with Gasteiger partial charge in [0.15, 0.2) is 0 Å². The standard InChI is InChI=1S/C23H27N3O/c1-17-10-11-18(2)22(13-17)26-16-20(14-24-15-21-9-6-12-27-21)23(25-26)19-7-4-3-5-8-19/h3-5,7-8,10-11,13,16,21,24H,6,9,12,14-15H2,1-2H3/t21-/m0/s1. The molecule has 1 atom stereocenters. The van der Waals surface area contributed by atoms with Gasteiger partial charge in [-0.15, -0.1) is 0 Å². The number of benzene rings is 2.